The van der Waals surface area contributed by atoms with Crippen LogP contribution in [0.5, 0.6) is 0 Å². The summed E-state index contributed by atoms with van der Waals surface area (Å²) in [4.78, 5) is 2.02. The van der Waals surface area contributed by atoms with E-state index in [1.807, 2.05) is 31.9 Å². The van der Waals surface area contributed by atoms with Crippen LogP contribution in [0, 0.1) is 11.6 Å². The number of nitrogens with zero attached hydrogens (tertiary/aromatic N) is 4. The van der Waals surface area contributed by atoms with Crippen molar-refractivity contribution in [2.75, 3.05) is 6.54 Å². The van der Waals surface area contributed by atoms with Crippen molar-refractivity contribution in [3.8, 4) is 0 Å². The van der Waals surface area contributed by atoms with E-state index < -0.39 is 17.7 Å². The lowest BCUT2D eigenvalue weighted by Crippen LogP contribution is -2.25. The van der Waals surface area contributed by atoms with Gasteiger partial charge < -0.3 is 5.11 Å². The Morgan fingerprint density at radius 3 is 2.62 bits per heavy atom. The third-order valence-electron chi connectivity index (χ3n) is 4.30. The van der Waals surface area contributed by atoms with Crippen LogP contribution in [0.15, 0.2) is 24.4 Å². The van der Waals surface area contributed by atoms with Crippen LogP contribution in [0.3, 0.4) is 0 Å². The van der Waals surface area contributed by atoms with Gasteiger partial charge in [-0.15, -0.1) is 5.10 Å². The Bertz CT molecular complexity index is 726. The van der Waals surface area contributed by atoms with E-state index in [0.29, 0.717) is 25.1 Å². The minimum absolute atomic E-state index is 0.157. The summed E-state index contributed by atoms with van der Waals surface area (Å²) in [5.74, 6) is -1.73. The van der Waals surface area contributed by atoms with E-state index in [9.17, 15) is 13.9 Å². The second kappa shape index (κ2) is 6.22. The highest BCUT2D eigenvalue weighted by atomic mass is 19.2. The smallest absolute Gasteiger partial charge is 0.159 e. The van der Waals surface area contributed by atoms with Gasteiger partial charge in [0.15, 0.2) is 11.6 Å². The lowest BCUT2D eigenvalue weighted by molar-refractivity contribution is 0.172. The maximum Gasteiger partial charge on any atom is 0.159 e. The second-order valence-electron chi connectivity index (χ2n) is 7.33. The minimum atomic E-state index is -0.868. The van der Waals surface area contributed by atoms with Gasteiger partial charge in [0.05, 0.1) is 23.5 Å². The molecular formula is C17H22F2N4O. The molecule has 0 saturated carbocycles. The van der Waals surface area contributed by atoms with Crippen LogP contribution in [0.25, 0.3) is 0 Å². The molecule has 0 aliphatic carbocycles. The summed E-state index contributed by atoms with van der Waals surface area (Å²) >= 11 is 0. The zero-order valence-electron chi connectivity index (χ0n) is 14.1. The quantitative estimate of drug-likeness (QED) is 0.936. The number of benzene rings is 1. The fraction of sp³-hybridized carbons (Fsp3) is 0.529. The number of hydrogen-bond acceptors (Lipinski definition) is 4. The van der Waals surface area contributed by atoms with E-state index >= 15 is 0 Å². The predicted molar refractivity (Wildman–Crippen MR) is 85.2 cm³/mol. The van der Waals surface area contributed by atoms with Crippen LogP contribution < -0.4 is 0 Å². The van der Waals surface area contributed by atoms with Crippen LogP contribution in [-0.2, 0) is 12.1 Å². The molecule has 130 valence electrons. The number of aromatic nitrogens is 3. The molecule has 0 radical (unpaired) electrons. The first-order valence-corrected chi connectivity index (χ1v) is 8.03. The fourth-order valence-electron chi connectivity index (χ4n) is 3.03. The number of likely N-dealkylation sites (tertiary alicyclic amines) is 1. The number of aliphatic hydroxyl groups is 1. The molecule has 7 heteroatoms. The van der Waals surface area contributed by atoms with Gasteiger partial charge in [0.1, 0.15) is 0 Å². The normalized spacial score (nSPS) is 22.2. The van der Waals surface area contributed by atoms with E-state index in [1.165, 1.54) is 6.07 Å². The first kappa shape index (κ1) is 17.0. The van der Waals surface area contributed by atoms with Gasteiger partial charge in [-0.1, -0.05) is 11.3 Å². The summed E-state index contributed by atoms with van der Waals surface area (Å²) in [6.45, 7) is 7.07. The second-order valence-corrected chi connectivity index (χ2v) is 7.33. The molecule has 24 heavy (non-hydrogen) atoms. The molecule has 1 aromatic heterocycles. The van der Waals surface area contributed by atoms with Crippen LogP contribution >= 0.6 is 0 Å². The van der Waals surface area contributed by atoms with Gasteiger partial charge in [-0.3, -0.25) is 4.90 Å². The summed E-state index contributed by atoms with van der Waals surface area (Å²) < 4.78 is 28.5. The summed E-state index contributed by atoms with van der Waals surface area (Å²) in [6.07, 6.45) is 1.87. The van der Waals surface area contributed by atoms with Gasteiger partial charge in [0.25, 0.3) is 0 Å². The Morgan fingerprint density at radius 2 is 2.00 bits per heavy atom. The largest absolute Gasteiger partial charge is 0.392 e. The third kappa shape index (κ3) is 3.47. The van der Waals surface area contributed by atoms with Gasteiger partial charge in [-0.2, -0.15) is 0 Å². The maximum absolute atomic E-state index is 13.5. The predicted octanol–water partition coefficient (Wildman–Crippen LogP) is 2.62. The molecule has 2 atom stereocenters. The molecule has 1 saturated heterocycles. The van der Waals surface area contributed by atoms with Crippen LogP contribution in [0.2, 0.25) is 0 Å². The highest BCUT2D eigenvalue weighted by Gasteiger charge is 2.33. The lowest BCUT2D eigenvalue weighted by atomic mass is 10.0. The van der Waals surface area contributed by atoms with Crippen LogP contribution in [0.4, 0.5) is 8.78 Å². The van der Waals surface area contributed by atoms with Crippen LogP contribution in [0.1, 0.15) is 44.5 Å². The SMILES string of the molecule is CC(C)(C)n1cc(CN2C[C@@H](O)C[C@@H]2c2ccc(F)c(F)c2)nn1. The van der Waals surface area contributed by atoms with E-state index in [2.05, 4.69) is 10.3 Å². The molecule has 1 aliphatic rings. The Morgan fingerprint density at radius 1 is 1.25 bits per heavy atom. The molecule has 0 spiro atoms. The third-order valence-corrected chi connectivity index (χ3v) is 4.30. The summed E-state index contributed by atoms with van der Waals surface area (Å²) in [5.41, 5.74) is 1.29. The average Bonchev–Trinajstić information content (AvgIpc) is 3.09. The Labute approximate surface area is 139 Å². The monoisotopic (exact) mass is 336 g/mol. The van der Waals surface area contributed by atoms with Gasteiger partial charge in [0, 0.05) is 19.1 Å². The molecule has 5 nitrogen and oxygen atoms in total. The molecule has 1 fully saturated rings. The molecule has 1 N–H and O–H groups in total. The minimum Gasteiger partial charge on any atom is -0.392 e. The van der Waals surface area contributed by atoms with E-state index in [1.54, 1.807) is 10.7 Å². The van der Waals surface area contributed by atoms with Crippen molar-refractivity contribution in [1.82, 2.24) is 19.9 Å². The van der Waals surface area contributed by atoms with Crippen molar-refractivity contribution >= 4 is 0 Å². The fourth-order valence-corrected chi connectivity index (χ4v) is 3.03. The number of aliphatic hydroxyl groups excluding tert-OH is 1. The summed E-state index contributed by atoms with van der Waals surface area (Å²) in [5, 5.41) is 18.3. The zero-order valence-corrected chi connectivity index (χ0v) is 14.1. The van der Waals surface area contributed by atoms with Crippen molar-refractivity contribution in [2.45, 2.75) is 51.4 Å². The Balaban J connectivity index is 1.80. The van der Waals surface area contributed by atoms with Gasteiger partial charge in [0.2, 0.25) is 0 Å². The summed E-state index contributed by atoms with van der Waals surface area (Å²) in [7, 11) is 0. The maximum atomic E-state index is 13.5. The topological polar surface area (TPSA) is 54.2 Å². The average molecular weight is 336 g/mol. The van der Waals surface area contributed by atoms with Gasteiger partial charge in [-0.25, -0.2) is 13.5 Å². The van der Waals surface area contributed by atoms with Crippen molar-refractivity contribution in [3.63, 3.8) is 0 Å². The van der Waals surface area contributed by atoms with Crippen molar-refractivity contribution < 1.29 is 13.9 Å². The highest BCUT2D eigenvalue weighted by molar-refractivity contribution is 5.23. The highest BCUT2D eigenvalue weighted by Crippen LogP contribution is 2.33. The van der Waals surface area contributed by atoms with Crippen molar-refractivity contribution in [3.05, 3.63) is 47.3 Å². The van der Waals surface area contributed by atoms with Gasteiger partial charge in [-0.05, 0) is 44.9 Å². The molecule has 0 amide bonds. The van der Waals surface area contributed by atoms with Crippen molar-refractivity contribution in [1.29, 1.82) is 0 Å². The standard InChI is InChI=1S/C17H22F2N4O/c1-17(2,3)23-9-12(20-21-23)8-22-10-13(24)7-16(22)11-4-5-14(18)15(19)6-11/h4-6,9,13,16,24H,7-8,10H2,1-3H3/t13-,16+/m0/s1. The van der Waals surface area contributed by atoms with E-state index in [0.717, 1.165) is 11.8 Å². The first-order chi connectivity index (χ1) is 11.2. The molecule has 0 bridgehead atoms. The molecule has 1 aliphatic heterocycles. The number of hydrogen-bond donors (Lipinski definition) is 1. The number of β-amino-alcohol motifs (C(OH)–C–C–N with tert-alkyl or cyclic N) is 1. The number of halogens is 2. The number of rotatable bonds is 3. The van der Waals surface area contributed by atoms with Gasteiger partial charge >= 0.3 is 0 Å². The molecule has 0 unspecified atom stereocenters. The molecular weight excluding hydrogens is 314 g/mol. The summed E-state index contributed by atoms with van der Waals surface area (Å²) in [6, 6.07) is 3.73. The molecule has 2 aromatic rings. The Kier molecular flexibility index (Phi) is 4.40. The first-order valence-electron chi connectivity index (χ1n) is 8.03. The Hall–Kier alpha value is -1.86. The lowest BCUT2D eigenvalue weighted by Gasteiger charge is -2.23. The van der Waals surface area contributed by atoms with E-state index in [-0.39, 0.29) is 11.6 Å². The molecule has 2 heterocycles. The molecule has 3 rings (SSSR count). The van der Waals surface area contributed by atoms with E-state index in [4.69, 9.17) is 0 Å². The zero-order chi connectivity index (χ0) is 17.5. The van der Waals surface area contributed by atoms with Crippen molar-refractivity contribution in [2.24, 2.45) is 0 Å². The molecule has 1 aromatic carbocycles. The van der Waals surface area contributed by atoms with Crippen LogP contribution in [-0.4, -0.2) is 37.6 Å².